The van der Waals surface area contributed by atoms with Gasteiger partial charge in [0, 0.05) is 52.0 Å². The van der Waals surface area contributed by atoms with Crippen molar-refractivity contribution in [3.8, 4) is 17.2 Å². The summed E-state index contributed by atoms with van der Waals surface area (Å²) in [5.41, 5.74) is -0.175. The average Bonchev–Trinajstić information content (AvgIpc) is 3.36. The Kier molecular flexibility index (Phi) is 9.03. The highest BCUT2D eigenvalue weighted by Gasteiger charge is 2.37. The fraction of sp³-hybridized carbons (Fsp3) is 0.429. The number of hydrogen-bond acceptors (Lipinski definition) is 7. The van der Waals surface area contributed by atoms with Crippen LogP contribution in [0.5, 0.6) is 17.2 Å². The van der Waals surface area contributed by atoms with E-state index < -0.39 is 5.60 Å². The van der Waals surface area contributed by atoms with E-state index in [9.17, 15) is 9.90 Å². The Morgan fingerprint density at radius 1 is 1.08 bits per heavy atom. The molecule has 1 aromatic heterocycles. The van der Waals surface area contributed by atoms with E-state index in [4.69, 9.17) is 14.2 Å². The zero-order chi connectivity index (χ0) is 26.1. The average molecular weight is 509 g/mol. The lowest BCUT2D eigenvalue weighted by molar-refractivity contribution is -0.132. The number of carbonyl (C=O) groups is 1. The summed E-state index contributed by atoms with van der Waals surface area (Å²) in [7, 11) is 1.63. The summed E-state index contributed by atoms with van der Waals surface area (Å²) < 4.78 is 19.5. The van der Waals surface area contributed by atoms with Crippen molar-refractivity contribution < 1.29 is 24.1 Å². The number of β-amino-alcohol motifs (C(OH)–C–C–N with tert-alkyl or cyclic N) is 1. The summed E-state index contributed by atoms with van der Waals surface area (Å²) in [6.07, 6.45) is 6.35. The third kappa shape index (κ3) is 7.71. The highest BCUT2D eigenvalue weighted by Crippen LogP contribution is 2.29. The summed E-state index contributed by atoms with van der Waals surface area (Å²) >= 11 is 0. The number of benzene rings is 2. The number of para-hydroxylation sites is 1. The van der Waals surface area contributed by atoms with E-state index in [1.165, 1.54) is 6.92 Å². The van der Waals surface area contributed by atoms with Gasteiger partial charge in [0.2, 0.25) is 5.91 Å². The monoisotopic (exact) mass is 508 g/mol. The van der Waals surface area contributed by atoms with Gasteiger partial charge in [-0.25, -0.2) is 4.98 Å². The van der Waals surface area contributed by atoms with E-state index in [2.05, 4.69) is 9.88 Å². The van der Waals surface area contributed by atoms with Gasteiger partial charge in [0.1, 0.15) is 18.0 Å². The van der Waals surface area contributed by atoms with Crippen LogP contribution in [0.4, 0.5) is 0 Å². The van der Waals surface area contributed by atoms with Crippen LogP contribution in [0.1, 0.15) is 18.9 Å². The molecule has 0 unspecified atom stereocenters. The fourth-order valence-corrected chi connectivity index (χ4v) is 4.51. The normalized spacial score (nSPS) is 18.3. The molecule has 1 amide bonds. The van der Waals surface area contributed by atoms with Crippen LogP contribution in [0.3, 0.4) is 0 Å². The number of rotatable bonds is 11. The second kappa shape index (κ2) is 12.6. The number of amides is 1. The summed E-state index contributed by atoms with van der Waals surface area (Å²) in [6, 6.07) is 15.3. The van der Waals surface area contributed by atoms with Crippen LogP contribution in [0, 0.1) is 0 Å². The topological polar surface area (TPSA) is 89.3 Å². The van der Waals surface area contributed by atoms with Crippen molar-refractivity contribution in [2.24, 2.45) is 0 Å². The van der Waals surface area contributed by atoms with Gasteiger partial charge in [0.05, 0.1) is 26.6 Å². The highest BCUT2D eigenvalue weighted by atomic mass is 16.5. The van der Waals surface area contributed by atoms with Gasteiger partial charge in [-0.05, 0) is 36.2 Å². The molecule has 2 heterocycles. The molecule has 9 nitrogen and oxygen atoms in total. The van der Waals surface area contributed by atoms with Crippen molar-refractivity contribution >= 4 is 5.91 Å². The molecule has 1 aliphatic rings. The van der Waals surface area contributed by atoms with Gasteiger partial charge >= 0.3 is 0 Å². The molecular weight excluding hydrogens is 472 g/mol. The first-order chi connectivity index (χ1) is 17.9. The molecule has 3 aromatic rings. The van der Waals surface area contributed by atoms with Gasteiger partial charge < -0.3 is 28.8 Å². The standard InChI is InChI=1S/C28H36N4O5/c1-23(33)32-15-14-31(19-28(34,20-32)21-37-25-7-4-3-5-8-25)18-24-9-10-26(27(17-24)35-2)36-16-6-12-30-13-11-29-22-30/h3-5,7-11,13,17,22,34H,6,12,14-16,18-21H2,1-2H3/t28-/m1/s1. The molecule has 0 spiro atoms. The van der Waals surface area contributed by atoms with Crippen molar-refractivity contribution in [1.29, 1.82) is 0 Å². The minimum absolute atomic E-state index is 0.0591. The Morgan fingerprint density at radius 2 is 1.92 bits per heavy atom. The van der Waals surface area contributed by atoms with Gasteiger partial charge in [-0.3, -0.25) is 9.69 Å². The maximum absolute atomic E-state index is 12.2. The third-order valence-corrected chi connectivity index (χ3v) is 6.40. The lowest BCUT2D eigenvalue weighted by Gasteiger charge is -2.32. The summed E-state index contributed by atoms with van der Waals surface area (Å²) in [6.45, 7) is 5.40. The van der Waals surface area contributed by atoms with Crippen molar-refractivity contribution in [3.63, 3.8) is 0 Å². The SMILES string of the molecule is COc1cc(CN2CCN(C(C)=O)C[C@@](O)(COc3ccccc3)C2)ccc1OCCCn1ccnc1. The molecule has 4 rings (SSSR count). The number of nitrogens with zero attached hydrogens (tertiary/aromatic N) is 4. The number of carbonyl (C=O) groups excluding carboxylic acids is 1. The van der Waals surface area contributed by atoms with E-state index >= 15 is 0 Å². The molecule has 0 radical (unpaired) electrons. The van der Waals surface area contributed by atoms with Crippen LogP contribution in [0.25, 0.3) is 0 Å². The number of aryl methyl sites for hydroxylation is 1. The van der Waals surface area contributed by atoms with Crippen LogP contribution in [0.2, 0.25) is 0 Å². The minimum Gasteiger partial charge on any atom is -0.493 e. The highest BCUT2D eigenvalue weighted by molar-refractivity contribution is 5.73. The second-order valence-corrected chi connectivity index (χ2v) is 9.47. The largest absolute Gasteiger partial charge is 0.493 e. The first-order valence-electron chi connectivity index (χ1n) is 12.6. The molecule has 1 atom stereocenters. The van der Waals surface area contributed by atoms with E-state index in [-0.39, 0.29) is 19.1 Å². The Morgan fingerprint density at radius 3 is 2.65 bits per heavy atom. The molecule has 0 aliphatic carbocycles. The first-order valence-corrected chi connectivity index (χ1v) is 12.6. The maximum atomic E-state index is 12.2. The van der Waals surface area contributed by atoms with E-state index in [0.29, 0.717) is 50.0 Å². The molecule has 2 aromatic carbocycles. The quantitative estimate of drug-likeness (QED) is 0.399. The van der Waals surface area contributed by atoms with Crippen molar-refractivity contribution in [2.45, 2.75) is 32.0 Å². The van der Waals surface area contributed by atoms with Gasteiger partial charge in [-0.1, -0.05) is 24.3 Å². The molecule has 0 bridgehead atoms. The number of aliphatic hydroxyl groups is 1. The molecule has 198 valence electrons. The Bertz CT molecular complexity index is 1120. The lowest BCUT2D eigenvalue weighted by atomic mass is 10.0. The van der Waals surface area contributed by atoms with E-state index in [1.54, 1.807) is 24.5 Å². The van der Waals surface area contributed by atoms with Gasteiger partial charge in [-0.15, -0.1) is 0 Å². The fourth-order valence-electron chi connectivity index (χ4n) is 4.51. The van der Waals surface area contributed by atoms with Crippen molar-refractivity contribution in [3.05, 3.63) is 72.8 Å². The summed E-state index contributed by atoms with van der Waals surface area (Å²) in [4.78, 5) is 20.1. The first kappa shape index (κ1) is 26.5. The lowest BCUT2D eigenvalue weighted by Crippen LogP contribution is -2.51. The zero-order valence-corrected chi connectivity index (χ0v) is 21.6. The number of ether oxygens (including phenoxy) is 3. The molecule has 37 heavy (non-hydrogen) atoms. The predicted octanol–water partition coefficient (Wildman–Crippen LogP) is 2.83. The smallest absolute Gasteiger partial charge is 0.219 e. The molecule has 0 saturated carbocycles. The Labute approximate surface area is 218 Å². The molecule has 1 fully saturated rings. The predicted molar refractivity (Wildman–Crippen MR) is 140 cm³/mol. The van der Waals surface area contributed by atoms with E-state index in [1.807, 2.05) is 59.3 Å². The Hall–Kier alpha value is -3.56. The number of hydrogen-bond donors (Lipinski definition) is 1. The van der Waals surface area contributed by atoms with E-state index in [0.717, 1.165) is 18.5 Å². The summed E-state index contributed by atoms with van der Waals surface area (Å²) in [5.74, 6) is 1.99. The van der Waals surface area contributed by atoms with Gasteiger partial charge in [0.25, 0.3) is 0 Å². The van der Waals surface area contributed by atoms with Crippen LogP contribution < -0.4 is 14.2 Å². The van der Waals surface area contributed by atoms with Crippen LogP contribution in [-0.4, -0.2) is 82.5 Å². The molecule has 1 N–H and O–H groups in total. The molecule has 1 aliphatic heterocycles. The molecule has 9 heteroatoms. The number of methoxy groups -OCH3 is 1. The third-order valence-electron chi connectivity index (χ3n) is 6.40. The second-order valence-electron chi connectivity index (χ2n) is 9.47. The van der Waals surface area contributed by atoms with Crippen LogP contribution in [-0.2, 0) is 17.9 Å². The van der Waals surface area contributed by atoms with Crippen molar-refractivity contribution in [2.75, 3.05) is 46.5 Å². The van der Waals surface area contributed by atoms with Crippen LogP contribution in [0.15, 0.2) is 67.3 Å². The van der Waals surface area contributed by atoms with Gasteiger partial charge in [0.15, 0.2) is 11.5 Å². The minimum atomic E-state index is -1.21. The molecular formula is C28H36N4O5. The molecule has 1 saturated heterocycles. The zero-order valence-electron chi connectivity index (χ0n) is 21.6. The number of imidazole rings is 1. The summed E-state index contributed by atoms with van der Waals surface area (Å²) in [5, 5.41) is 11.5. The maximum Gasteiger partial charge on any atom is 0.219 e. The van der Waals surface area contributed by atoms with Crippen molar-refractivity contribution in [1.82, 2.24) is 19.4 Å². The van der Waals surface area contributed by atoms with Gasteiger partial charge in [-0.2, -0.15) is 0 Å². The number of aromatic nitrogens is 2. The Balaban J connectivity index is 1.38. The van der Waals surface area contributed by atoms with Crippen LogP contribution >= 0.6 is 0 Å².